The molecule has 116 valence electrons. The largest absolute Gasteiger partial charge is 0.416 e. The molecule has 2 aromatic rings. The Balaban J connectivity index is 2.33. The predicted molar refractivity (Wildman–Crippen MR) is 76.9 cm³/mol. The van der Waals surface area contributed by atoms with Crippen LogP contribution in [0.1, 0.15) is 37.3 Å². The first-order valence-corrected chi connectivity index (χ1v) is 7.10. The second kappa shape index (κ2) is 6.65. The zero-order valence-corrected chi connectivity index (χ0v) is 12.2. The van der Waals surface area contributed by atoms with Crippen LogP contribution in [0.25, 0.3) is 11.1 Å². The molecule has 0 fully saturated rings. The number of unbranched alkanes of at least 4 members (excludes halogenated alkanes) is 2. The maximum absolute atomic E-state index is 12.8. The molecule has 0 radical (unpaired) electrons. The minimum Gasteiger partial charge on any atom is -0.272 e. The van der Waals surface area contributed by atoms with Crippen LogP contribution in [0.2, 0.25) is 0 Å². The quantitative estimate of drug-likeness (QED) is 0.756. The number of hydrogen-bond donors (Lipinski definition) is 0. The van der Waals surface area contributed by atoms with Gasteiger partial charge in [-0.2, -0.15) is 23.5 Å². The van der Waals surface area contributed by atoms with E-state index in [0.717, 1.165) is 31.4 Å². The van der Waals surface area contributed by atoms with Crippen LogP contribution in [0, 0.1) is 11.3 Å². The van der Waals surface area contributed by atoms with Gasteiger partial charge in [0.15, 0.2) is 0 Å². The van der Waals surface area contributed by atoms with Crippen LogP contribution >= 0.6 is 0 Å². The van der Waals surface area contributed by atoms with Crippen LogP contribution in [0.5, 0.6) is 0 Å². The molecule has 0 N–H and O–H groups in total. The van der Waals surface area contributed by atoms with Crippen molar-refractivity contribution in [3.63, 3.8) is 0 Å². The number of nitrogens with zero attached hydrogens (tertiary/aromatic N) is 3. The summed E-state index contributed by atoms with van der Waals surface area (Å²) in [6.45, 7) is 2.81. The molecule has 0 amide bonds. The van der Waals surface area contributed by atoms with Crippen molar-refractivity contribution in [1.29, 1.82) is 5.26 Å². The van der Waals surface area contributed by atoms with Crippen molar-refractivity contribution in [3.05, 3.63) is 41.7 Å². The number of alkyl halides is 3. The van der Waals surface area contributed by atoms with E-state index < -0.39 is 11.7 Å². The van der Waals surface area contributed by atoms with Gasteiger partial charge in [0.2, 0.25) is 0 Å². The third-order valence-corrected chi connectivity index (χ3v) is 3.40. The van der Waals surface area contributed by atoms with Gasteiger partial charge in [-0.25, -0.2) is 0 Å². The van der Waals surface area contributed by atoms with Gasteiger partial charge in [0.05, 0.1) is 23.4 Å². The van der Waals surface area contributed by atoms with Gasteiger partial charge in [-0.1, -0.05) is 19.8 Å². The van der Waals surface area contributed by atoms with E-state index >= 15 is 0 Å². The molecule has 22 heavy (non-hydrogen) atoms. The highest BCUT2D eigenvalue weighted by atomic mass is 19.4. The summed E-state index contributed by atoms with van der Waals surface area (Å²) in [5.41, 5.74) is 0.236. The van der Waals surface area contributed by atoms with E-state index in [1.165, 1.54) is 12.3 Å². The van der Waals surface area contributed by atoms with Crippen LogP contribution in [-0.4, -0.2) is 9.78 Å². The molecule has 0 spiro atoms. The maximum Gasteiger partial charge on any atom is 0.416 e. The van der Waals surface area contributed by atoms with E-state index in [2.05, 4.69) is 12.0 Å². The van der Waals surface area contributed by atoms with Crippen molar-refractivity contribution >= 4 is 0 Å². The fourth-order valence-electron chi connectivity index (χ4n) is 2.21. The third-order valence-electron chi connectivity index (χ3n) is 3.40. The second-order valence-electron chi connectivity index (χ2n) is 5.07. The topological polar surface area (TPSA) is 41.6 Å². The summed E-state index contributed by atoms with van der Waals surface area (Å²) in [5.74, 6) is 0. The molecular weight excluding hydrogens is 291 g/mol. The Morgan fingerprint density at radius 3 is 2.68 bits per heavy atom. The van der Waals surface area contributed by atoms with E-state index in [9.17, 15) is 13.2 Å². The first-order valence-electron chi connectivity index (χ1n) is 7.10. The zero-order chi connectivity index (χ0) is 16.2. The molecule has 0 aliphatic heterocycles. The van der Waals surface area contributed by atoms with Gasteiger partial charge in [-0.3, -0.25) is 4.68 Å². The Morgan fingerprint density at radius 2 is 2.05 bits per heavy atom. The number of hydrogen-bond acceptors (Lipinski definition) is 2. The van der Waals surface area contributed by atoms with Gasteiger partial charge < -0.3 is 0 Å². The minimum absolute atomic E-state index is 0.209. The van der Waals surface area contributed by atoms with E-state index in [-0.39, 0.29) is 11.1 Å². The molecule has 6 heteroatoms. The Morgan fingerprint density at radius 1 is 1.27 bits per heavy atom. The van der Waals surface area contributed by atoms with Gasteiger partial charge >= 0.3 is 6.18 Å². The molecule has 0 aliphatic rings. The highest BCUT2D eigenvalue weighted by Gasteiger charge is 2.31. The summed E-state index contributed by atoms with van der Waals surface area (Å²) in [5, 5.41) is 13.3. The van der Waals surface area contributed by atoms with Crippen molar-refractivity contribution in [3.8, 4) is 17.2 Å². The standard InChI is InChI=1S/C16H16F3N3/c1-2-3-4-7-22-11-13(10-21-22)15-8-14(16(17,18)19)6-5-12(15)9-20/h5-6,8,10-11H,2-4,7H2,1H3. The van der Waals surface area contributed by atoms with E-state index in [4.69, 9.17) is 5.26 Å². The molecule has 0 aliphatic carbocycles. The molecule has 1 heterocycles. The van der Waals surface area contributed by atoms with Crippen LogP contribution in [-0.2, 0) is 12.7 Å². The lowest BCUT2D eigenvalue weighted by Gasteiger charge is -2.09. The highest BCUT2D eigenvalue weighted by molar-refractivity contribution is 5.70. The van der Waals surface area contributed by atoms with Crippen LogP contribution in [0.3, 0.4) is 0 Å². The zero-order valence-electron chi connectivity index (χ0n) is 12.2. The van der Waals surface area contributed by atoms with Crippen molar-refractivity contribution < 1.29 is 13.2 Å². The number of aromatic nitrogens is 2. The first kappa shape index (κ1) is 16.1. The number of nitriles is 1. The summed E-state index contributed by atoms with van der Waals surface area (Å²) < 4.78 is 40.2. The van der Waals surface area contributed by atoms with Gasteiger partial charge in [-0.15, -0.1) is 0 Å². The van der Waals surface area contributed by atoms with E-state index in [1.807, 2.05) is 6.07 Å². The average Bonchev–Trinajstić information content (AvgIpc) is 2.94. The lowest BCUT2D eigenvalue weighted by molar-refractivity contribution is -0.137. The van der Waals surface area contributed by atoms with Crippen LogP contribution < -0.4 is 0 Å². The molecule has 2 rings (SSSR count). The summed E-state index contributed by atoms with van der Waals surface area (Å²) in [6.07, 6.45) is 1.88. The normalized spacial score (nSPS) is 11.4. The summed E-state index contributed by atoms with van der Waals surface area (Å²) in [7, 11) is 0. The Labute approximate surface area is 127 Å². The summed E-state index contributed by atoms with van der Waals surface area (Å²) >= 11 is 0. The third kappa shape index (κ3) is 3.67. The molecule has 0 atom stereocenters. The smallest absolute Gasteiger partial charge is 0.272 e. The molecule has 0 unspecified atom stereocenters. The van der Waals surface area contributed by atoms with Crippen molar-refractivity contribution in [2.75, 3.05) is 0 Å². The Hall–Kier alpha value is -2.29. The molecular formula is C16H16F3N3. The second-order valence-corrected chi connectivity index (χ2v) is 5.07. The minimum atomic E-state index is -4.43. The monoisotopic (exact) mass is 307 g/mol. The number of aryl methyl sites for hydroxylation is 1. The fourth-order valence-corrected chi connectivity index (χ4v) is 2.21. The first-order chi connectivity index (χ1) is 10.5. The Bertz CT molecular complexity index is 681. The van der Waals surface area contributed by atoms with Crippen molar-refractivity contribution in [2.45, 2.75) is 38.9 Å². The Kier molecular flexibility index (Phi) is 4.86. The van der Waals surface area contributed by atoms with Gasteiger partial charge in [0, 0.05) is 23.9 Å². The van der Waals surface area contributed by atoms with Crippen molar-refractivity contribution in [2.24, 2.45) is 0 Å². The molecule has 0 bridgehead atoms. The predicted octanol–water partition coefficient (Wildman–Crippen LogP) is 4.63. The lowest BCUT2D eigenvalue weighted by Crippen LogP contribution is -2.05. The summed E-state index contributed by atoms with van der Waals surface area (Å²) in [6, 6.07) is 5.06. The average molecular weight is 307 g/mol. The van der Waals surface area contributed by atoms with Gasteiger partial charge in [-0.05, 0) is 24.6 Å². The van der Waals surface area contributed by atoms with Crippen molar-refractivity contribution in [1.82, 2.24) is 9.78 Å². The number of halogens is 3. The van der Waals surface area contributed by atoms with E-state index in [0.29, 0.717) is 12.1 Å². The van der Waals surface area contributed by atoms with Gasteiger partial charge in [0.25, 0.3) is 0 Å². The van der Waals surface area contributed by atoms with Crippen LogP contribution in [0.4, 0.5) is 13.2 Å². The number of rotatable bonds is 5. The van der Waals surface area contributed by atoms with E-state index in [1.54, 1.807) is 10.9 Å². The maximum atomic E-state index is 12.8. The number of benzene rings is 1. The van der Waals surface area contributed by atoms with Crippen LogP contribution in [0.15, 0.2) is 30.6 Å². The fraction of sp³-hybridized carbons (Fsp3) is 0.375. The van der Waals surface area contributed by atoms with Gasteiger partial charge in [0.1, 0.15) is 0 Å². The lowest BCUT2D eigenvalue weighted by atomic mass is 10.00. The molecule has 1 aromatic heterocycles. The molecule has 3 nitrogen and oxygen atoms in total. The highest BCUT2D eigenvalue weighted by Crippen LogP contribution is 2.33. The molecule has 0 saturated carbocycles. The molecule has 0 saturated heterocycles. The SMILES string of the molecule is CCCCCn1cc(-c2cc(C(F)(F)F)ccc2C#N)cn1. The summed E-state index contributed by atoms with van der Waals surface area (Å²) in [4.78, 5) is 0. The molecule has 1 aromatic carbocycles.